The fraction of sp³-hybridized carbons (Fsp3) is 0.300. The Kier molecular flexibility index (Phi) is 4.91. The van der Waals surface area contributed by atoms with Gasteiger partial charge >= 0.3 is 10.3 Å². The highest BCUT2D eigenvalue weighted by molar-refractivity contribution is 7.84. The van der Waals surface area contributed by atoms with Crippen molar-refractivity contribution in [3.05, 3.63) is 11.1 Å². The summed E-state index contributed by atoms with van der Waals surface area (Å²) in [5.41, 5.74) is 10.2. The van der Waals surface area contributed by atoms with Crippen molar-refractivity contribution >= 4 is 50.2 Å². The Balaban J connectivity index is 2.25. The summed E-state index contributed by atoms with van der Waals surface area (Å²) in [7, 11) is -3.85. The second-order valence-electron chi connectivity index (χ2n) is 4.60. The minimum absolute atomic E-state index is 0.0379. The van der Waals surface area contributed by atoms with Crippen LogP contribution in [0.25, 0.3) is 0 Å². The van der Waals surface area contributed by atoms with Gasteiger partial charge in [-0.25, -0.2) is 4.98 Å². The molecular formula is C10H12N6O7S2. The molecule has 6 N–H and O–H groups in total. The van der Waals surface area contributed by atoms with Crippen LogP contribution in [0, 0.1) is 0 Å². The van der Waals surface area contributed by atoms with E-state index in [2.05, 4.69) is 20.3 Å². The Morgan fingerprint density at radius 3 is 2.60 bits per heavy atom. The van der Waals surface area contributed by atoms with Gasteiger partial charge in [-0.2, -0.15) is 12.7 Å². The summed E-state index contributed by atoms with van der Waals surface area (Å²) in [6, 6.07) is -3.39. The molecule has 13 nitrogen and oxygen atoms in total. The minimum Gasteiger partial charge on any atom is -0.398 e. The number of β-lactam (4-membered cyclic amide) rings is 1. The van der Waals surface area contributed by atoms with Gasteiger partial charge in [0, 0.05) is 5.38 Å². The molecule has 25 heavy (non-hydrogen) atoms. The van der Waals surface area contributed by atoms with E-state index in [-0.39, 0.29) is 20.8 Å². The van der Waals surface area contributed by atoms with Crippen molar-refractivity contribution in [2.24, 2.45) is 10.9 Å². The molecule has 2 atom stereocenters. The molecule has 15 heteroatoms. The first-order chi connectivity index (χ1) is 11.6. The average molecular weight is 392 g/mol. The zero-order chi connectivity index (χ0) is 18.9. The average Bonchev–Trinajstić information content (AvgIpc) is 2.91. The fourth-order valence-corrected chi connectivity index (χ4v) is 3.44. The van der Waals surface area contributed by atoms with Gasteiger partial charge in [-0.05, 0) is 0 Å². The summed E-state index contributed by atoms with van der Waals surface area (Å²) < 4.78 is 31.0. The molecule has 0 aromatic carbocycles. The Morgan fingerprint density at radius 2 is 2.16 bits per heavy atom. The topological polar surface area (TPSA) is 207 Å². The minimum atomic E-state index is -5.01. The summed E-state index contributed by atoms with van der Waals surface area (Å²) in [6.45, 7) is 0. The third-order valence-electron chi connectivity index (χ3n) is 3.04. The second-order valence-corrected chi connectivity index (χ2v) is 6.78. The van der Waals surface area contributed by atoms with Crippen molar-refractivity contribution < 1.29 is 32.2 Å². The molecule has 0 unspecified atom stereocenters. The molecule has 1 aromatic heterocycles. The van der Waals surface area contributed by atoms with Gasteiger partial charge in [-0.3, -0.25) is 18.9 Å². The van der Waals surface area contributed by atoms with Gasteiger partial charge in [0.15, 0.2) is 16.9 Å². The van der Waals surface area contributed by atoms with Gasteiger partial charge < -0.3 is 21.6 Å². The van der Waals surface area contributed by atoms with Crippen molar-refractivity contribution in [2.45, 2.75) is 12.1 Å². The number of carbonyl (C=O) groups excluding carboxylic acids is 3. The van der Waals surface area contributed by atoms with Crippen LogP contribution < -0.4 is 16.8 Å². The third kappa shape index (κ3) is 3.52. The van der Waals surface area contributed by atoms with E-state index in [0.717, 1.165) is 18.4 Å². The number of carbonyl (C=O) groups is 3. The van der Waals surface area contributed by atoms with Crippen LogP contribution in [0.4, 0.5) is 5.13 Å². The van der Waals surface area contributed by atoms with Crippen LogP contribution in [-0.2, 0) is 29.5 Å². The number of nitrogen functional groups attached to an aromatic ring is 1. The zero-order valence-electron chi connectivity index (χ0n) is 12.4. The maximum absolute atomic E-state index is 12.3. The van der Waals surface area contributed by atoms with Crippen LogP contribution in [0.3, 0.4) is 0 Å². The molecule has 3 amide bonds. The molecular weight excluding hydrogens is 380 g/mol. The molecule has 2 rings (SSSR count). The summed E-state index contributed by atoms with van der Waals surface area (Å²) in [6.07, 6.45) is 0. The molecule has 0 aliphatic carbocycles. The van der Waals surface area contributed by atoms with Gasteiger partial charge in [-0.15, -0.1) is 11.3 Å². The number of primary amides is 1. The Hall–Kier alpha value is -2.78. The van der Waals surface area contributed by atoms with Crippen LogP contribution in [0.15, 0.2) is 10.5 Å². The standard InChI is InChI=1S/C10H12N6O7S2/c1-23-15-4(3-2-24-10(12)13-3)8(18)14-5-6(7(11)17)16(9(5)19)25(20,21)22/h2,5-6H,1H3,(H2,11,17)(H2,12,13)(H,14,18)(H,20,21,22)/b15-4-/t5-,6-/m0/s1. The fourth-order valence-electron chi connectivity index (χ4n) is 2.04. The molecule has 1 fully saturated rings. The third-order valence-corrected chi connectivity index (χ3v) is 4.62. The lowest BCUT2D eigenvalue weighted by Gasteiger charge is -2.41. The predicted molar refractivity (Wildman–Crippen MR) is 83.4 cm³/mol. The van der Waals surface area contributed by atoms with Crippen LogP contribution in [0.5, 0.6) is 0 Å². The Bertz CT molecular complexity index is 863. The molecule has 1 saturated heterocycles. The first-order valence-electron chi connectivity index (χ1n) is 6.31. The van der Waals surface area contributed by atoms with E-state index < -0.39 is 40.1 Å². The van der Waals surface area contributed by atoms with E-state index in [4.69, 9.17) is 16.0 Å². The number of amides is 3. The largest absolute Gasteiger partial charge is 0.398 e. The highest BCUT2D eigenvalue weighted by Crippen LogP contribution is 2.23. The van der Waals surface area contributed by atoms with Crippen LogP contribution in [-0.4, -0.2) is 64.9 Å². The number of nitrogens with zero attached hydrogens (tertiary/aromatic N) is 3. The Morgan fingerprint density at radius 1 is 1.52 bits per heavy atom. The van der Waals surface area contributed by atoms with Crippen molar-refractivity contribution in [1.82, 2.24) is 14.6 Å². The predicted octanol–water partition coefficient (Wildman–Crippen LogP) is -2.94. The number of rotatable bonds is 6. The van der Waals surface area contributed by atoms with Crippen molar-refractivity contribution in [1.29, 1.82) is 0 Å². The van der Waals surface area contributed by atoms with Crippen LogP contribution in [0.1, 0.15) is 5.69 Å². The van der Waals surface area contributed by atoms with Crippen LogP contribution >= 0.6 is 11.3 Å². The molecule has 0 radical (unpaired) electrons. The molecule has 1 aliphatic rings. The van der Waals surface area contributed by atoms with Gasteiger partial charge in [0.05, 0.1) is 0 Å². The number of hydrogen-bond acceptors (Lipinski definition) is 10. The summed E-state index contributed by atoms with van der Waals surface area (Å²) in [5, 5.41) is 7.10. The van der Waals surface area contributed by atoms with Crippen molar-refractivity contribution in [3.8, 4) is 0 Å². The van der Waals surface area contributed by atoms with Crippen LogP contribution in [0.2, 0.25) is 0 Å². The lowest BCUT2D eigenvalue weighted by Crippen LogP contribution is -2.75. The SMILES string of the molecule is CO/N=C(\C(=O)N[C@@H]1C(=O)N(S(=O)(=O)O)[C@@H]1C(N)=O)c1csc(N)n1. The van der Waals surface area contributed by atoms with E-state index in [0.29, 0.717) is 0 Å². The molecule has 0 bridgehead atoms. The lowest BCUT2D eigenvalue weighted by atomic mass is 9.98. The molecule has 2 heterocycles. The maximum atomic E-state index is 12.3. The van der Waals surface area contributed by atoms with E-state index >= 15 is 0 Å². The molecule has 1 aromatic rings. The number of nitrogens with one attached hydrogen (secondary N) is 1. The first kappa shape index (κ1) is 18.6. The summed E-state index contributed by atoms with van der Waals surface area (Å²) in [5.74, 6) is -3.48. The second kappa shape index (κ2) is 6.61. The normalized spacial score (nSPS) is 20.8. The molecule has 0 spiro atoms. The highest BCUT2D eigenvalue weighted by atomic mass is 32.2. The van der Waals surface area contributed by atoms with Gasteiger partial charge in [0.2, 0.25) is 5.91 Å². The summed E-state index contributed by atoms with van der Waals surface area (Å²) in [4.78, 5) is 43.8. The number of nitrogens with two attached hydrogens (primary N) is 2. The number of anilines is 1. The smallest absolute Gasteiger partial charge is 0.363 e. The highest BCUT2D eigenvalue weighted by Gasteiger charge is 2.57. The maximum Gasteiger partial charge on any atom is 0.363 e. The molecule has 0 saturated carbocycles. The number of aromatic nitrogens is 1. The van der Waals surface area contributed by atoms with Gasteiger partial charge in [-0.1, -0.05) is 5.16 Å². The van der Waals surface area contributed by atoms with Crippen molar-refractivity contribution in [2.75, 3.05) is 12.8 Å². The van der Waals surface area contributed by atoms with Crippen molar-refractivity contribution in [3.63, 3.8) is 0 Å². The number of hydrogen-bond donors (Lipinski definition) is 4. The zero-order valence-corrected chi connectivity index (χ0v) is 14.1. The first-order valence-corrected chi connectivity index (χ1v) is 8.59. The quantitative estimate of drug-likeness (QED) is 0.169. The van der Waals surface area contributed by atoms with Gasteiger partial charge in [0.25, 0.3) is 11.8 Å². The molecule has 1 aliphatic heterocycles. The molecule has 136 valence electrons. The monoisotopic (exact) mass is 392 g/mol. The number of oxime groups is 1. The van der Waals surface area contributed by atoms with E-state index in [9.17, 15) is 22.8 Å². The van der Waals surface area contributed by atoms with E-state index in [1.54, 1.807) is 0 Å². The summed E-state index contributed by atoms with van der Waals surface area (Å²) >= 11 is 1.01. The Labute approximate surface area is 144 Å². The lowest BCUT2D eigenvalue weighted by molar-refractivity contribution is -0.150. The van der Waals surface area contributed by atoms with Gasteiger partial charge in [0.1, 0.15) is 18.8 Å². The van der Waals surface area contributed by atoms with E-state index in [1.165, 1.54) is 5.38 Å². The number of thiazole rings is 1. The van der Waals surface area contributed by atoms with E-state index in [1.807, 2.05) is 0 Å².